The van der Waals surface area contributed by atoms with Gasteiger partial charge in [0.2, 0.25) is 0 Å². The van der Waals surface area contributed by atoms with Crippen LogP contribution < -0.4 is 15.4 Å². The van der Waals surface area contributed by atoms with Gasteiger partial charge in [-0.05, 0) is 158 Å². The molecule has 302 valence electrons. The van der Waals surface area contributed by atoms with Crippen molar-refractivity contribution >= 4 is 41.1 Å². The number of hydrogen-bond acceptors (Lipinski definition) is 9. The number of carboxylic acid groups (broad SMARTS) is 1. The largest absolute Gasteiger partial charge is 0.508 e. The van der Waals surface area contributed by atoms with Crippen LogP contribution in [0.3, 0.4) is 0 Å². The third-order valence-corrected chi connectivity index (χ3v) is 11.7. The molecule has 3 aromatic rings. The molecular formula is C44H68N2O6S2. The van der Waals surface area contributed by atoms with Crippen molar-refractivity contribution in [1.82, 2.24) is 10.6 Å². The number of carbonyl (C=O) groups is 3. The number of likely N-dealkylation sites (N-methyl/N-ethyl adjacent to an activating group) is 2. The van der Waals surface area contributed by atoms with Gasteiger partial charge < -0.3 is 25.6 Å². The minimum absolute atomic E-state index is 0. The molecule has 0 saturated heterocycles. The summed E-state index contributed by atoms with van der Waals surface area (Å²) in [5.74, 6) is -0.0249. The Labute approximate surface area is 335 Å². The SMILES string of the molecule is C.C.C.CCN[C@@H]1Cc2ccc(SC(C)(C)C(C)=O)cc2C1.CCN[C@@H]1Cc2ccc(SC(C)(C)C(C)=O)cc2C1.C[C@@H](Oc1ccc(O)cc1)C(=O)O. The van der Waals surface area contributed by atoms with Gasteiger partial charge in [0.1, 0.15) is 23.1 Å². The molecular weight excluding hydrogens is 717 g/mol. The van der Waals surface area contributed by atoms with E-state index in [0.29, 0.717) is 17.8 Å². The molecule has 3 atom stereocenters. The van der Waals surface area contributed by atoms with Gasteiger partial charge in [0, 0.05) is 21.9 Å². The topological polar surface area (TPSA) is 125 Å². The van der Waals surface area contributed by atoms with Crippen molar-refractivity contribution in [3.05, 3.63) is 82.9 Å². The molecule has 0 aromatic heterocycles. The van der Waals surface area contributed by atoms with Crippen molar-refractivity contribution in [2.75, 3.05) is 13.1 Å². The normalized spacial score (nSPS) is 15.9. The highest BCUT2D eigenvalue weighted by Gasteiger charge is 2.28. The molecule has 0 aliphatic heterocycles. The second-order valence-electron chi connectivity index (χ2n) is 14.1. The van der Waals surface area contributed by atoms with Crippen LogP contribution in [0.5, 0.6) is 11.5 Å². The lowest BCUT2D eigenvalue weighted by Crippen LogP contribution is -2.28. The van der Waals surface area contributed by atoms with Crippen LogP contribution >= 0.6 is 23.5 Å². The summed E-state index contributed by atoms with van der Waals surface area (Å²) in [5, 5.41) is 24.5. The lowest BCUT2D eigenvalue weighted by molar-refractivity contribution is -0.144. The minimum Gasteiger partial charge on any atom is -0.508 e. The second kappa shape index (κ2) is 22.9. The van der Waals surface area contributed by atoms with Crippen LogP contribution in [0.15, 0.2) is 70.5 Å². The predicted octanol–water partition coefficient (Wildman–Crippen LogP) is 9.60. The predicted molar refractivity (Wildman–Crippen MR) is 230 cm³/mol. The van der Waals surface area contributed by atoms with Gasteiger partial charge in [-0.2, -0.15) is 0 Å². The van der Waals surface area contributed by atoms with Crippen LogP contribution in [-0.2, 0) is 40.1 Å². The van der Waals surface area contributed by atoms with Crippen molar-refractivity contribution in [3.8, 4) is 11.5 Å². The molecule has 0 unspecified atom stereocenters. The molecule has 0 fully saturated rings. The van der Waals surface area contributed by atoms with E-state index in [9.17, 15) is 14.4 Å². The van der Waals surface area contributed by atoms with Gasteiger partial charge >= 0.3 is 5.97 Å². The molecule has 8 nitrogen and oxygen atoms in total. The van der Waals surface area contributed by atoms with E-state index < -0.39 is 12.1 Å². The van der Waals surface area contributed by atoms with Gasteiger partial charge in [0.25, 0.3) is 0 Å². The monoisotopic (exact) mass is 784 g/mol. The molecule has 0 radical (unpaired) electrons. The fourth-order valence-electron chi connectivity index (χ4n) is 5.69. The molecule has 4 N–H and O–H groups in total. The number of ketones is 2. The van der Waals surface area contributed by atoms with Crippen LogP contribution in [0, 0.1) is 0 Å². The Morgan fingerprint density at radius 1 is 0.704 bits per heavy atom. The molecule has 0 amide bonds. The Hall–Kier alpha value is -3.31. The summed E-state index contributed by atoms with van der Waals surface area (Å²) in [7, 11) is 0. The van der Waals surface area contributed by atoms with E-state index in [2.05, 4.69) is 60.9 Å². The summed E-state index contributed by atoms with van der Waals surface area (Å²) < 4.78 is 4.34. The summed E-state index contributed by atoms with van der Waals surface area (Å²) in [5.41, 5.74) is 5.79. The Bertz CT molecular complexity index is 1550. The number of benzene rings is 3. The zero-order chi connectivity index (χ0) is 37.9. The van der Waals surface area contributed by atoms with Crippen molar-refractivity contribution < 1.29 is 29.3 Å². The first kappa shape index (κ1) is 50.7. The summed E-state index contributed by atoms with van der Waals surface area (Å²) in [6.07, 6.45) is 3.59. The average Bonchev–Trinajstić information content (AvgIpc) is 3.65. The van der Waals surface area contributed by atoms with Gasteiger partial charge in [-0.3, -0.25) is 9.59 Å². The Balaban J connectivity index is 0.000000774. The maximum atomic E-state index is 11.6. The lowest BCUT2D eigenvalue weighted by atomic mass is 10.1. The fraction of sp³-hybridized carbons (Fsp3) is 0.523. The quantitative estimate of drug-likeness (QED) is 0.125. The number of thioether (sulfide) groups is 2. The number of aliphatic carboxylic acids is 1. The second-order valence-corrected chi connectivity index (χ2v) is 17.5. The number of hydrogen-bond donors (Lipinski definition) is 4. The Kier molecular flexibility index (Phi) is 21.5. The van der Waals surface area contributed by atoms with Gasteiger partial charge in [-0.1, -0.05) is 48.3 Å². The van der Waals surface area contributed by atoms with Gasteiger partial charge in [0.15, 0.2) is 6.10 Å². The van der Waals surface area contributed by atoms with Crippen LogP contribution in [0.2, 0.25) is 0 Å². The van der Waals surface area contributed by atoms with E-state index in [1.165, 1.54) is 63.2 Å². The van der Waals surface area contributed by atoms with Crippen LogP contribution in [0.1, 0.15) is 107 Å². The number of Topliss-reactive ketones (excluding diaryl/α,β-unsaturated/α-hetero) is 2. The summed E-state index contributed by atoms with van der Waals surface area (Å²) >= 11 is 3.33. The maximum absolute atomic E-state index is 11.6. The minimum atomic E-state index is -1.02. The Morgan fingerprint density at radius 2 is 1.07 bits per heavy atom. The standard InChI is InChI=1S/2C16H23NOS.C9H10O4.3CH4/c2*1-5-17-14-8-12-6-7-15(10-13(12)9-14)19-16(3,4)11(2)18;1-6(9(11)12)13-8-4-2-7(10)3-5-8;;;/h2*6-7,10,14,17H,5,8-9H2,1-4H3;2-6,10H,1H3,(H,11,12);3*1H4/t2*14-;6-;;;/m111.../s1. The van der Waals surface area contributed by atoms with Crippen LogP contribution in [-0.4, -0.2) is 68.5 Å². The van der Waals surface area contributed by atoms with E-state index in [-0.39, 0.29) is 49.1 Å². The molecule has 54 heavy (non-hydrogen) atoms. The van der Waals surface area contributed by atoms with Crippen LogP contribution in [0.25, 0.3) is 0 Å². The number of phenols is 1. The lowest BCUT2D eigenvalue weighted by Gasteiger charge is -2.20. The van der Waals surface area contributed by atoms with Crippen molar-refractivity contribution in [2.45, 2.75) is 148 Å². The first-order chi connectivity index (χ1) is 23.9. The van der Waals surface area contributed by atoms with Crippen molar-refractivity contribution in [3.63, 3.8) is 0 Å². The highest BCUT2D eigenvalue weighted by atomic mass is 32.2. The van der Waals surface area contributed by atoms with Crippen molar-refractivity contribution in [2.24, 2.45) is 0 Å². The first-order valence-corrected chi connectivity index (χ1v) is 19.4. The number of ether oxygens (including phenoxy) is 1. The number of carbonyl (C=O) groups excluding carboxylic acids is 2. The zero-order valence-corrected chi connectivity index (χ0v) is 33.2. The summed E-state index contributed by atoms with van der Waals surface area (Å²) in [6, 6.07) is 20.4. The molecule has 0 spiro atoms. The number of rotatable bonds is 13. The first-order valence-electron chi connectivity index (χ1n) is 17.7. The molecule has 0 saturated carbocycles. The number of nitrogens with one attached hydrogen (secondary N) is 2. The van der Waals surface area contributed by atoms with E-state index in [0.717, 1.165) is 38.8 Å². The number of fused-ring (bicyclic) bond motifs is 2. The summed E-state index contributed by atoms with van der Waals surface area (Å²) in [4.78, 5) is 36.0. The third-order valence-electron chi connectivity index (χ3n) is 9.15. The maximum Gasteiger partial charge on any atom is 0.344 e. The molecule has 2 aliphatic rings. The molecule has 0 bridgehead atoms. The smallest absolute Gasteiger partial charge is 0.344 e. The van der Waals surface area contributed by atoms with E-state index >= 15 is 0 Å². The Morgan fingerprint density at radius 3 is 1.41 bits per heavy atom. The van der Waals surface area contributed by atoms with Gasteiger partial charge in [-0.15, -0.1) is 23.5 Å². The van der Waals surface area contributed by atoms with Crippen LogP contribution in [0.4, 0.5) is 0 Å². The van der Waals surface area contributed by atoms with Crippen molar-refractivity contribution in [1.29, 1.82) is 0 Å². The van der Waals surface area contributed by atoms with E-state index in [1.807, 2.05) is 27.7 Å². The molecule has 2 aliphatic carbocycles. The highest BCUT2D eigenvalue weighted by Crippen LogP contribution is 2.37. The zero-order valence-electron chi connectivity index (χ0n) is 31.6. The molecule has 5 rings (SSSR count). The molecule has 0 heterocycles. The average molecular weight is 785 g/mol. The number of carboxylic acids is 1. The van der Waals surface area contributed by atoms with Gasteiger partial charge in [-0.25, -0.2) is 4.79 Å². The van der Waals surface area contributed by atoms with E-state index in [4.69, 9.17) is 14.9 Å². The van der Waals surface area contributed by atoms with Gasteiger partial charge in [0.05, 0.1) is 9.49 Å². The van der Waals surface area contributed by atoms with E-state index in [1.54, 1.807) is 37.4 Å². The third kappa shape index (κ3) is 15.4. The summed E-state index contributed by atoms with van der Waals surface area (Å²) in [6.45, 7) is 19.1. The molecule has 3 aromatic carbocycles. The highest BCUT2D eigenvalue weighted by molar-refractivity contribution is 8.01. The molecule has 10 heteroatoms. The number of aromatic hydroxyl groups is 1. The fourth-order valence-corrected chi connectivity index (χ4v) is 7.83. The number of phenolic OH excluding ortho intramolecular Hbond substituents is 1.